The maximum absolute atomic E-state index is 14.1. The largest absolute Gasteiger partial charge is 0.494 e. The van der Waals surface area contributed by atoms with Crippen LogP contribution >= 0.6 is 11.6 Å². The SMILES string of the molecule is CCCS(=O)(=O)N1CCC(n2c(=O)n(-c3cccc(Cl)c3)c(=O)c3cnc4c(OC)cccc4c32)CC1. The Morgan fingerprint density at radius 3 is 2.49 bits per heavy atom. The van der Waals surface area contributed by atoms with Gasteiger partial charge >= 0.3 is 5.69 Å². The molecule has 37 heavy (non-hydrogen) atoms. The number of methoxy groups -OCH3 is 1. The van der Waals surface area contributed by atoms with Crippen molar-refractivity contribution < 1.29 is 13.2 Å². The Kier molecular flexibility index (Phi) is 6.82. The van der Waals surface area contributed by atoms with Crippen LogP contribution in [0.5, 0.6) is 5.75 Å². The number of nitrogens with zero attached hydrogens (tertiary/aromatic N) is 4. The van der Waals surface area contributed by atoms with E-state index in [4.69, 9.17) is 16.3 Å². The van der Waals surface area contributed by atoms with E-state index in [-0.39, 0.29) is 17.2 Å². The topological polar surface area (TPSA) is 104 Å². The van der Waals surface area contributed by atoms with E-state index in [9.17, 15) is 18.0 Å². The van der Waals surface area contributed by atoms with Crippen LogP contribution in [0.4, 0.5) is 0 Å². The maximum Gasteiger partial charge on any atom is 0.336 e. The van der Waals surface area contributed by atoms with E-state index in [1.807, 2.05) is 13.0 Å². The molecule has 1 aliphatic heterocycles. The Morgan fingerprint density at radius 1 is 1.08 bits per heavy atom. The molecule has 4 aromatic rings. The number of fused-ring (bicyclic) bond motifs is 3. The second-order valence-electron chi connectivity index (χ2n) is 9.10. The Labute approximate surface area is 218 Å². The third kappa shape index (κ3) is 4.43. The molecule has 0 N–H and O–H groups in total. The van der Waals surface area contributed by atoms with Crippen LogP contribution in [0.1, 0.15) is 32.2 Å². The molecule has 2 aromatic carbocycles. The van der Waals surface area contributed by atoms with Crippen LogP contribution in [0.3, 0.4) is 0 Å². The van der Waals surface area contributed by atoms with Crippen LogP contribution in [0.15, 0.2) is 58.3 Å². The van der Waals surface area contributed by atoms with Crippen molar-refractivity contribution in [3.05, 3.63) is 74.5 Å². The first-order chi connectivity index (χ1) is 17.8. The molecule has 9 nitrogen and oxygen atoms in total. The molecule has 0 spiro atoms. The number of sulfonamides is 1. The van der Waals surface area contributed by atoms with Gasteiger partial charge in [-0.25, -0.2) is 22.1 Å². The highest BCUT2D eigenvalue weighted by Crippen LogP contribution is 2.32. The second-order valence-corrected chi connectivity index (χ2v) is 11.6. The first kappa shape index (κ1) is 25.4. The molecule has 0 unspecified atom stereocenters. The van der Waals surface area contributed by atoms with Gasteiger partial charge in [-0.15, -0.1) is 0 Å². The predicted molar refractivity (Wildman–Crippen MR) is 145 cm³/mol. The zero-order valence-electron chi connectivity index (χ0n) is 20.6. The lowest BCUT2D eigenvalue weighted by molar-refractivity contribution is 0.272. The van der Waals surface area contributed by atoms with Gasteiger partial charge in [0.1, 0.15) is 11.3 Å². The average molecular weight is 543 g/mol. The summed E-state index contributed by atoms with van der Waals surface area (Å²) < 4.78 is 35.0. The lowest BCUT2D eigenvalue weighted by Gasteiger charge is -2.33. The lowest BCUT2D eigenvalue weighted by atomic mass is 10.0. The zero-order valence-corrected chi connectivity index (χ0v) is 22.1. The molecular formula is C26H27ClN4O5S. The van der Waals surface area contributed by atoms with Crippen LogP contribution < -0.4 is 16.0 Å². The van der Waals surface area contributed by atoms with Gasteiger partial charge in [-0.1, -0.05) is 36.7 Å². The summed E-state index contributed by atoms with van der Waals surface area (Å²) in [6.07, 6.45) is 2.87. The summed E-state index contributed by atoms with van der Waals surface area (Å²) in [6, 6.07) is 11.6. The van der Waals surface area contributed by atoms with Crippen molar-refractivity contribution in [3.63, 3.8) is 0 Å². The summed E-state index contributed by atoms with van der Waals surface area (Å²) in [5.74, 6) is 0.619. The Morgan fingerprint density at radius 2 is 1.81 bits per heavy atom. The minimum atomic E-state index is -3.35. The van der Waals surface area contributed by atoms with Gasteiger partial charge < -0.3 is 4.74 Å². The molecule has 5 rings (SSSR count). The van der Waals surface area contributed by atoms with E-state index in [1.54, 1.807) is 41.0 Å². The first-order valence-corrected chi connectivity index (χ1v) is 14.1. The molecule has 0 aliphatic carbocycles. The van der Waals surface area contributed by atoms with Crippen molar-refractivity contribution in [2.24, 2.45) is 0 Å². The number of aromatic nitrogens is 3. The zero-order chi connectivity index (χ0) is 26.3. The summed E-state index contributed by atoms with van der Waals surface area (Å²) in [4.78, 5) is 32.3. The number of benzene rings is 2. The van der Waals surface area contributed by atoms with E-state index in [1.165, 1.54) is 17.6 Å². The normalized spacial score (nSPS) is 15.4. The molecule has 11 heteroatoms. The number of rotatable bonds is 6. The highest BCUT2D eigenvalue weighted by Gasteiger charge is 2.31. The summed E-state index contributed by atoms with van der Waals surface area (Å²) in [7, 11) is -1.81. The molecule has 1 saturated heterocycles. The van der Waals surface area contributed by atoms with Gasteiger partial charge in [0.25, 0.3) is 5.56 Å². The molecule has 0 radical (unpaired) electrons. The fourth-order valence-corrected chi connectivity index (χ4v) is 6.85. The van der Waals surface area contributed by atoms with Crippen LogP contribution in [0.25, 0.3) is 27.5 Å². The minimum Gasteiger partial charge on any atom is -0.494 e. The molecule has 0 amide bonds. The van der Waals surface area contributed by atoms with Crippen molar-refractivity contribution in [2.45, 2.75) is 32.2 Å². The number of piperidine rings is 1. The number of hydrogen-bond acceptors (Lipinski definition) is 6. The number of halogens is 1. The maximum atomic E-state index is 14.1. The summed E-state index contributed by atoms with van der Waals surface area (Å²) >= 11 is 6.19. The van der Waals surface area contributed by atoms with Gasteiger partial charge in [-0.05, 0) is 43.5 Å². The Hall–Kier alpha value is -3.21. The minimum absolute atomic E-state index is 0.0935. The third-order valence-corrected chi connectivity index (χ3v) is 9.15. The third-order valence-electron chi connectivity index (χ3n) is 6.83. The van der Waals surface area contributed by atoms with Gasteiger partial charge in [0, 0.05) is 35.7 Å². The fourth-order valence-electron chi connectivity index (χ4n) is 5.12. The van der Waals surface area contributed by atoms with Crippen LogP contribution in [0, 0.1) is 0 Å². The molecule has 1 fully saturated rings. The van der Waals surface area contributed by atoms with Crippen LogP contribution in [-0.2, 0) is 10.0 Å². The molecule has 194 valence electrons. The Bertz CT molecular complexity index is 1720. The number of hydrogen-bond donors (Lipinski definition) is 0. The molecule has 0 bridgehead atoms. The van der Waals surface area contributed by atoms with Crippen molar-refractivity contribution in [1.29, 1.82) is 0 Å². The molecule has 2 aromatic heterocycles. The van der Waals surface area contributed by atoms with Crippen LogP contribution in [0.2, 0.25) is 5.02 Å². The lowest BCUT2D eigenvalue weighted by Crippen LogP contribution is -2.45. The van der Waals surface area contributed by atoms with E-state index in [0.29, 0.717) is 65.2 Å². The number of para-hydroxylation sites is 1. The van der Waals surface area contributed by atoms with Gasteiger partial charge in [0.15, 0.2) is 0 Å². The summed E-state index contributed by atoms with van der Waals surface area (Å²) in [6.45, 7) is 2.43. The molecule has 1 aliphatic rings. The van der Waals surface area contributed by atoms with Crippen LogP contribution in [-0.4, -0.2) is 52.8 Å². The second kappa shape index (κ2) is 9.92. The molecule has 3 heterocycles. The Balaban J connectivity index is 1.77. The van der Waals surface area contributed by atoms with Gasteiger partial charge in [-0.3, -0.25) is 14.3 Å². The highest BCUT2D eigenvalue weighted by molar-refractivity contribution is 7.89. The molecule has 0 saturated carbocycles. The average Bonchev–Trinajstić information content (AvgIpc) is 2.88. The van der Waals surface area contributed by atoms with E-state index >= 15 is 0 Å². The smallest absolute Gasteiger partial charge is 0.336 e. The number of ether oxygens (including phenoxy) is 1. The van der Waals surface area contributed by atoms with Gasteiger partial charge in [0.2, 0.25) is 10.0 Å². The van der Waals surface area contributed by atoms with Gasteiger partial charge in [-0.2, -0.15) is 0 Å². The standard InChI is InChI=1S/C26H27ClN4O5S/c1-3-14-37(34,35)29-12-10-18(11-13-29)30-24-20-8-5-9-22(36-2)23(20)28-16-21(24)25(32)31(26(30)33)19-7-4-6-17(27)15-19/h4-9,15-16,18H,3,10-14H2,1-2H3. The molecule has 0 atom stereocenters. The fraction of sp³-hybridized carbons (Fsp3) is 0.346. The number of pyridine rings is 1. The quantitative estimate of drug-likeness (QED) is 0.344. The van der Waals surface area contributed by atoms with Crippen molar-refractivity contribution in [1.82, 2.24) is 18.4 Å². The first-order valence-electron chi connectivity index (χ1n) is 12.1. The van der Waals surface area contributed by atoms with E-state index < -0.39 is 21.3 Å². The van der Waals surface area contributed by atoms with Gasteiger partial charge in [0.05, 0.1) is 29.5 Å². The predicted octanol–water partition coefficient (Wildman–Crippen LogP) is 3.74. The monoisotopic (exact) mass is 542 g/mol. The summed E-state index contributed by atoms with van der Waals surface area (Å²) in [5.41, 5.74) is 0.344. The van der Waals surface area contributed by atoms with Crippen molar-refractivity contribution in [3.8, 4) is 11.4 Å². The van der Waals surface area contributed by atoms with E-state index in [2.05, 4.69) is 4.98 Å². The summed E-state index contributed by atoms with van der Waals surface area (Å²) in [5, 5.41) is 1.29. The van der Waals surface area contributed by atoms with Crippen molar-refractivity contribution >= 4 is 43.4 Å². The molecular weight excluding hydrogens is 516 g/mol. The van der Waals surface area contributed by atoms with Crippen molar-refractivity contribution in [2.75, 3.05) is 26.0 Å². The van der Waals surface area contributed by atoms with E-state index in [0.717, 1.165) is 4.57 Å². The highest BCUT2D eigenvalue weighted by atomic mass is 35.5.